The monoisotopic (exact) mass is 355 g/mol. The fraction of sp³-hybridized carbons (Fsp3) is 0.500. The number of aliphatic carboxylic acids is 1. The zero-order chi connectivity index (χ0) is 17.4. The van der Waals surface area contributed by atoms with E-state index >= 15 is 0 Å². The average molecular weight is 356 g/mol. The second-order valence-corrected chi connectivity index (χ2v) is 6.26. The molecular weight excluding hydrogens is 338 g/mol. The Morgan fingerprint density at radius 2 is 1.79 bits per heavy atom. The zero-order valence-electron chi connectivity index (χ0n) is 13.2. The summed E-state index contributed by atoms with van der Waals surface area (Å²) in [5.74, 6) is -2.23. The fourth-order valence-electron chi connectivity index (χ4n) is 3.50. The molecule has 4 atom stereocenters. The van der Waals surface area contributed by atoms with Crippen molar-refractivity contribution in [3.05, 3.63) is 17.2 Å². The van der Waals surface area contributed by atoms with Gasteiger partial charge in [0, 0.05) is 12.1 Å². The predicted octanol–water partition coefficient (Wildman–Crippen LogP) is 2.17. The molecule has 24 heavy (non-hydrogen) atoms. The van der Waals surface area contributed by atoms with Crippen molar-refractivity contribution in [3.8, 4) is 11.5 Å². The Kier molecular flexibility index (Phi) is 4.56. The van der Waals surface area contributed by atoms with Gasteiger partial charge in [0.2, 0.25) is 5.91 Å². The lowest BCUT2D eigenvalue weighted by Crippen LogP contribution is -2.41. The summed E-state index contributed by atoms with van der Waals surface area (Å²) in [6, 6.07) is 3.07. The molecule has 130 valence electrons. The molecule has 0 radical (unpaired) electrons. The second kappa shape index (κ2) is 6.49. The van der Waals surface area contributed by atoms with Gasteiger partial charge < -0.3 is 24.6 Å². The number of halogens is 1. The number of carboxylic acids is 1. The second-order valence-electron chi connectivity index (χ2n) is 5.86. The lowest BCUT2D eigenvalue weighted by atomic mass is 9.78. The van der Waals surface area contributed by atoms with Crippen LogP contribution in [0.1, 0.15) is 12.8 Å². The Morgan fingerprint density at radius 1 is 1.17 bits per heavy atom. The van der Waals surface area contributed by atoms with E-state index in [-0.39, 0.29) is 6.10 Å². The van der Waals surface area contributed by atoms with E-state index in [1.54, 1.807) is 6.07 Å². The lowest BCUT2D eigenvalue weighted by molar-refractivity contribution is -0.147. The van der Waals surface area contributed by atoms with E-state index in [4.69, 9.17) is 25.8 Å². The summed E-state index contributed by atoms with van der Waals surface area (Å²) in [4.78, 5) is 24.2. The molecule has 8 heteroatoms. The summed E-state index contributed by atoms with van der Waals surface area (Å²) >= 11 is 6.04. The lowest BCUT2D eigenvalue weighted by Gasteiger charge is -2.24. The number of carbonyl (C=O) groups is 2. The molecule has 1 aromatic carbocycles. The van der Waals surface area contributed by atoms with Gasteiger partial charge in [-0.2, -0.15) is 0 Å². The van der Waals surface area contributed by atoms with Crippen LogP contribution in [0.5, 0.6) is 11.5 Å². The van der Waals surface area contributed by atoms with Crippen LogP contribution in [0.3, 0.4) is 0 Å². The van der Waals surface area contributed by atoms with Crippen LogP contribution in [0.2, 0.25) is 5.02 Å². The van der Waals surface area contributed by atoms with E-state index in [2.05, 4.69) is 5.32 Å². The van der Waals surface area contributed by atoms with E-state index in [9.17, 15) is 14.7 Å². The molecule has 0 spiro atoms. The molecule has 0 unspecified atom stereocenters. The Labute approximate surface area is 143 Å². The molecule has 2 fully saturated rings. The smallest absolute Gasteiger partial charge is 0.310 e. The molecule has 2 N–H and O–H groups in total. The average Bonchev–Trinajstić information content (AvgIpc) is 3.16. The third-order valence-corrected chi connectivity index (χ3v) is 4.89. The Balaban J connectivity index is 1.86. The third-order valence-electron chi connectivity index (χ3n) is 4.59. The topological polar surface area (TPSA) is 94.1 Å². The molecule has 2 aliphatic rings. The minimum absolute atomic E-state index is 0.346. The number of amides is 1. The molecule has 2 bridgehead atoms. The Hall–Kier alpha value is -1.99. The maximum absolute atomic E-state index is 12.7. The van der Waals surface area contributed by atoms with E-state index in [0.29, 0.717) is 35.1 Å². The molecule has 2 aliphatic heterocycles. The molecular formula is C16H18ClNO6. The fourth-order valence-corrected chi connectivity index (χ4v) is 3.73. The van der Waals surface area contributed by atoms with Crippen LogP contribution in [0.25, 0.3) is 0 Å². The van der Waals surface area contributed by atoms with Gasteiger partial charge in [-0.3, -0.25) is 9.59 Å². The number of benzene rings is 1. The van der Waals surface area contributed by atoms with Crippen LogP contribution in [-0.4, -0.2) is 43.4 Å². The maximum atomic E-state index is 12.7. The van der Waals surface area contributed by atoms with Gasteiger partial charge in [0.25, 0.3) is 0 Å². The summed E-state index contributed by atoms with van der Waals surface area (Å²) in [7, 11) is 2.91. The number of carboxylic acid groups (broad SMARTS) is 1. The number of nitrogens with one attached hydrogen (secondary N) is 1. The molecule has 0 aliphatic carbocycles. The predicted molar refractivity (Wildman–Crippen MR) is 85.7 cm³/mol. The number of fused-ring (bicyclic) bond motifs is 2. The Bertz CT molecular complexity index is 679. The first-order valence-electron chi connectivity index (χ1n) is 7.57. The SMILES string of the molecule is COc1cc(NC(=O)[C@H]2[C@@H](C(=O)O)[C@H]3CC[C@H]2O3)c(OC)cc1Cl. The highest BCUT2D eigenvalue weighted by molar-refractivity contribution is 6.32. The number of anilines is 1. The van der Waals surface area contributed by atoms with Crippen LogP contribution in [0, 0.1) is 11.8 Å². The first-order chi connectivity index (χ1) is 11.5. The standard InChI is InChI=1S/C16H18ClNO6/c1-22-11-6-8(12(23-2)5-7(11)17)18-15(19)13-9-3-4-10(24-9)14(13)16(20)21/h5-6,9-10,13-14H,3-4H2,1-2H3,(H,18,19)(H,20,21)/t9-,10-,13-,14+/m1/s1. The van der Waals surface area contributed by atoms with Crippen molar-refractivity contribution in [2.45, 2.75) is 25.0 Å². The van der Waals surface area contributed by atoms with Crippen LogP contribution in [0.15, 0.2) is 12.1 Å². The van der Waals surface area contributed by atoms with E-state index < -0.39 is 29.8 Å². The van der Waals surface area contributed by atoms with Crippen LogP contribution < -0.4 is 14.8 Å². The highest BCUT2D eigenvalue weighted by Gasteiger charge is 2.55. The zero-order valence-corrected chi connectivity index (χ0v) is 14.0. The van der Waals surface area contributed by atoms with Crippen molar-refractivity contribution in [1.82, 2.24) is 0 Å². The maximum Gasteiger partial charge on any atom is 0.310 e. The van der Waals surface area contributed by atoms with Gasteiger partial charge in [-0.1, -0.05) is 11.6 Å². The van der Waals surface area contributed by atoms with Crippen molar-refractivity contribution in [1.29, 1.82) is 0 Å². The molecule has 1 amide bonds. The van der Waals surface area contributed by atoms with Crippen LogP contribution >= 0.6 is 11.6 Å². The van der Waals surface area contributed by atoms with E-state index in [1.165, 1.54) is 20.3 Å². The van der Waals surface area contributed by atoms with E-state index in [0.717, 1.165) is 0 Å². The third kappa shape index (κ3) is 2.78. The summed E-state index contributed by atoms with van der Waals surface area (Å²) in [5.41, 5.74) is 0.371. The van der Waals surface area contributed by atoms with Crippen LogP contribution in [-0.2, 0) is 14.3 Å². The largest absolute Gasteiger partial charge is 0.495 e. The number of methoxy groups -OCH3 is 2. The van der Waals surface area contributed by atoms with Crippen LogP contribution in [0.4, 0.5) is 5.69 Å². The summed E-state index contributed by atoms with van der Waals surface area (Å²) < 4.78 is 16.0. The molecule has 0 saturated carbocycles. The van der Waals surface area contributed by atoms with E-state index in [1.807, 2.05) is 0 Å². The number of rotatable bonds is 5. The highest BCUT2D eigenvalue weighted by Crippen LogP contribution is 2.44. The molecule has 7 nitrogen and oxygen atoms in total. The van der Waals surface area contributed by atoms with Gasteiger partial charge >= 0.3 is 5.97 Å². The van der Waals surface area contributed by atoms with Gasteiger partial charge in [-0.25, -0.2) is 0 Å². The minimum Gasteiger partial charge on any atom is -0.495 e. The summed E-state index contributed by atoms with van der Waals surface area (Å²) in [5, 5.41) is 12.5. The Morgan fingerprint density at radius 3 is 2.38 bits per heavy atom. The van der Waals surface area contributed by atoms with Gasteiger partial charge in [0.1, 0.15) is 11.5 Å². The summed E-state index contributed by atoms with van der Waals surface area (Å²) in [6.45, 7) is 0. The number of carbonyl (C=O) groups excluding carboxylic acids is 1. The van der Waals surface area contributed by atoms with Gasteiger partial charge in [-0.15, -0.1) is 0 Å². The molecule has 2 saturated heterocycles. The quantitative estimate of drug-likeness (QED) is 0.840. The molecule has 0 aromatic heterocycles. The van der Waals surface area contributed by atoms with Gasteiger partial charge in [0.15, 0.2) is 0 Å². The summed E-state index contributed by atoms with van der Waals surface area (Å²) in [6.07, 6.45) is 0.595. The molecule has 1 aromatic rings. The van der Waals surface area contributed by atoms with Crippen molar-refractivity contribution in [2.24, 2.45) is 11.8 Å². The van der Waals surface area contributed by atoms with Crippen molar-refractivity contribution in [3.63, 3.8) is 0 Å². The number of hydrogen-bond acceptors (Lipinski definition) is 5. The normalized spacial score (nSPS) is 27.8. The molecule has 3 rings (SSSR count). The number of hydrogen-bond donors (Lipinski definition) is 2. The van der Waals surface area contributed by atoms with Crippen molar-refractivity contribution < 1.29 is 28.9 Å². The number of ether oxygens (including phenoxy) is 3. The van der Waals surface area contributed by atoms with Gasteiger partial charge in [-0.05, 0) is 12.8 Å². The molecule has 2 heterocycles. The first kappa shape index (κ1) is 16.9. The minimum atomic E-state index is -1.01. The highest BCUT2D eigenvalue weighted by atomic mass is 35.5. The van der Waals surface area contributed by atoms with Gasteiger partial charge in [0.05, 0.1) is 49.0 Å². The van der Waals surface area contributed by atoms with Crippen molar-refractivity contribution >= 4 is 29.2 Å². The van der Waals surface area contributed by atoms with Crippen molar-refractivity contribution in [2.75, 3.05) is 19.5 Å². The first-order valence-corrected chi connectivity index (χ1v) is 7.94.